The summed E-state index contributed by atoms with van der Waals surface area (Å²) in [5, 5.41) is 11.5. The van der Waals surface area contributed by atoms with Crippen LogP contribution in [0.15, 0.2) is 39.7 Å². The number of fused-ring (bicyclic) bond motifs is 1. The standard InChI is InChI=1S/C18H19N5O3/c1-22-15(11-14(20-22)16-6-3-9-26-16)18(25)19-7-8-23-17(24)10-12-4-2-5-13(12)21-23/h3,6,9-11H,2,4-5,7-8H2,1H3,(H,19,25). The van der Waals surface area contributed by atoms with Crippen LogP contribution in [0.5, 0.6) is 0 Å². The molecule has 0 atom stereocenters. The van der Waals surface area contributed by atoms with Crippen LogP contribution in [0.25, 0.3) is 11.5 Å². The molecule has 1 amide bonds. The van der Waals surface area contributed by atoms with E-state index in [0.717, 1.165) is 30.5 Å². The normalized spacial score (nSPS) is 13.0. The Morgan fingerprint density at radius 3 is 3.00 bits per heavy atom. The van der Waals surface area contributed by atoms with E-state index in [4.69, 9.17) is 4.42 Å². The lowest BCUT2D eigenvalue weighted by molar-refractivity contribution is 0.0942. The van der Waals surface area contributed by atoms with Gasteiger partial charge in [-0.1, -0.05) is 0 Å². The third-order valence-electron chi connectivity index (χ3n) is 4.52. The van der Waals surface area contributed by atoms with E-state index in [1.165, 1.54) is 9.36 Å². The maximum Gasteiger partial charge on any atom is 0.269 e. The molecule has 3 aromatic heterocycles. The fourth-order valence-electron chi connectivity index (χ4n) is 3.19. The highest BCUT2D eigenvalue weighted by atomic mass is 16.3. The molecule has 0 fully saturated rings. The van der Waals surface area contributed by atoms with Crippen LogP contribution in [-0.2, 0) is 26.4 Å². The van der Waals surface area contributed by atoms with Crippen LogP contribution in [-0.4, -0.2) is 32.0 Å². The van der Waals surface area contributed by atoms with Crippen LogP contribution < -0.4 is 10.9 Å². The zero-order valence-corrected chi connectivity index (χ0v) is 14.4. The predicted octanol–water partition coefficient (Wildman–Crippen LogP) is 1.16. The number of nitrogens with one attached hydrogen (secondary N) is 1. The van der Waals surface area contributed by atoms with Crippen molar-refractivity contribution in [3.05, 3.63) is 57.8 Å². The maximum atomic E-state index is 12.4. The first-order valence-electron chi connectivity index (χ1n) is 8.58. The Morgan fingerprint density at radius 2 is 2.19 bits per heavy atom. The van der Waals surface area contributed by atoms with Gasteiger partial charge in [0.15, 0.2) is 5.76 Å². The summed E-state index contributed by atoms with van der Waals surface area (Å²) in [5.74, 6) is 0.348. The molecule has 1 aliphatic carbocycles. The molecule has 0 saturated carbocycles. The first-order valence-corrected chi connectivity index (χ1v) is 8.58. The number of nitrogens with zero attached hydrogens (tertiary/aromatic N) is 4. The Bertz CT molecular complexity index is 1000. The Labute approximate surface area is 149 Å². The highest BCUT2D eigenvalue weighted by molar-refractivity contribution is 5.93. The SMILES string of the molecule is Cn1nc(-c2ccco2)cc1C(=O)NCCn1nc2c(cc1=O)CCC2. The molecule has 1 N–H and O–H groups in total. The van der Waals surface area contributed by atoms with Gasteiger partial charge in [-0.3, -0.25) is 14.3 Å². The van der Waals surface area contributed by atoms with Gasteiger partial charge in [0.05, 0.1) is 18.5 Å². The number of aryl methyl sites for hydroxylation is 3. The number of hydrogen-bond acceptors (Lipinski definition) is 5. The summed E-state index contributed by atoms with van der Waals surface area (Å²) >= 11 is 0. The van der Waals surface area contributed by atoms with Crippen LogP contribution in [0.1, 0.15) is 28.2 Å². The first kappa shape index (κ1) is 16.3. The van der Waals surface area contributed by atoms with Crippen molar-refractivity contribution in [1.82, 2.24) is 24.9 Å². The second kappa shape index (κ2) is 6.62. The van der Waals surface area contributed by atoms with Crippen molar-refractivity contribution in [2.24, 2.45) is 7.05 Å². The van der Waals surface area contributed by atoms with Crippen molar-refractivity contribution in [1.29, 1.82) is 0 Å². The van der Waals surface area contributed by atoms with Crippen molar-refractivity contribution in [3.63, 3.8) is 0 Å². The Hall–Kier alpha value is -3.16. The van der Waals surface area contributed by atoms with Gasteiger partial charge in [-0.05, 0) is 37.0 Å². The summed E-state index contributed by atoms with van der Waals surface area (Å²) in [4.78, 5) is 24.5. The Kier molecular flexibility index (Phi) is 4.16. The zero-order valence-electron chi connectivity index (χ0n) is 14.4. The molecule has 1 aliphatic rings. The van der Waals surface area contributed by atoms with Gasteiger partial charge in [-0.25, -0.2) is 4.68 Å². The van der Waals surface area contributed by atoms with Crippen LogP contribution >= 0.6 is 0 Å². The average Bonchev–Trinajstić information content (AvgIpc) is 3.34. The predicted molar refractivity (Wildman–Crippen MR) is 93.8 cm³/mol. The van der Waals surface area contributed by atoms with Gasteiger partial charge in [0.1, 0.15) is 11.4 Å². The van der Waals surface area contributed by atoms with E-state index in [1.54, 1.807) is 37.6 Å². The molecule has 4 rings (SSSR count). The van der Waals surface area contributed by atoms with E-state index in [2.05, 4.69) is 15.5 Å². The van der Waals surface area contributed by atoms with E-state index in [9.17, 15) is 9.59 Å². The van der Waals surface area contributed by atoms with E-state index < -0.39 is 0 Å². The molecular formula is C18H19N5O3. The molecule has 134 valence electrons. The number of carbonyl (C=O) groups excluding carboxylic acids is 1. The molecule has 0 spiro atoms. The summed E-state index contributed by atoms with van der Waals surface area (Å²) in [6, 6.07) is 6.89. The Morgan fingerprint density at radius 1 is 1.31 bits per heavy atom. The molecule has 8 heteroatoms. The lowest BCUT2D eigenvalue weighted by atomic mass is 10.2. The molecule has 26 heavy (non-hydrogen) atoms. The molecule has 0 radical (unpaired) electrons. The minimum atomic E-state index is -0.257. The molecule has 0 aromatic carbocycles. The fraction of sp³-hybridized carbons (Fsp3) is 0.333. The number of rotatable bonds is 5. The smallest absolute Gasteiger partial charge is 0.269 e. The van der Waals surface area contributed by atoms with Gasteiger partial charge in [0.25, 0.3) is 11.5 Å². The van der Waals surface area contributed by atoms with E-state index >= 15 is 0 Å². The summed E-state index contributed by atoms with van der Waals surface area (Å²) in [7, 11) is 1.70. The van der Waals surface area contributed by atoms with E-state index in [0.29, 0.717) is 30.2 Å². The molecule has 3 heterocycles. The summed E-state index contributed by atoms with van der Waals surface area (Å²) in [5.41, 5.74) is 2.94. The third-order valence-corrected chi connectivity index (χ3v) is 4.52. The molecule has 0 saturated heterocycles. The van der Waals surface area contributed by atoms with Gasteiger partial charge < -0.3 is 9.73 Å². The van der Waals surface area contributed by atoms with Gasteiger partial charge in [-0.15, -0.1) is 0 Å². The van der Waals surface area contributed by atoms with Gasteiger partial charge >= 0.3 is 0 Å². The lowest BCUT2D eigenvalue weighted by Crippen LogP contribution is -2.33. The zero-order chi connectivity index (χ0) is 18.1. The largest absolute Gasteiger partial charge is 0.463 e. The van der Waals surface area contributed by atoms with Crippen molar-refractivity contribution in [3.8, 4) is 11.5 Å². The summed E-state index contributed by atoms with van der Waals surface area (Å²) in [6.45, 7) is 0.645. The van der Waals surface area contributed by atoms with Gasteiger partial charge in [0.2, 0.25) is 0 Å². The van der Waals surface area contributed by atoms with Crippen molar-refractivity contribution >= 4 is 5.91 Å². The molecule has 3 aromatic rings. The van der Waals surface area contributed by atoms with E-state index in [-0.39, 0.29) is 11.5 Å². The maximum absolute atomic E-state index is 12.4. The minimum Gasteiger partial charge on any atom is -0.463 e. The highest BCUT2D eigenvalue weighted by Crippen LogP contribution is 2.19. The van der Waals surface area contributed by atoms with Gasteiger partial charge in [-0.2, -0.15) is 10.2 Å². The fourth-order valence-corrected chi connectivity index (χ4v) is 3.19. The van der Waals surface area contributed by atoms with Crippen LogP contribution in [0.3, 0.4) is 0 Å². The summed E-state index contributed by atoms with van der Waals surface area (Å²) in [6.07, 6.45) is 4.44. The number of amides is 1. The number of hydrogen-bond donors (Lipinski definition) is 1. The van der Waals surface area contributed by atoms with Crippen molar-refractivity contribution in [2.75, 3.05) is 6.54 Å². The third kappa shape index (κ3) is 3.05. The molecule has 0 unspecified atom stereocenters. The number of carbonyl (C=O) groups is 1. The van der Waals surface area contributed by atoms with Crippen LogP contribution in [0.4, 0.5) is 0 Å². The Balaban J connectivity index is 1.41. The first-order chi connectivity index (χ1) is 12.6. The quantitative estimate of drug-likeness (QED) is 0.743. The molecular weight excluding hydrogens is 334 g/mol. The highest BCUT2D eigenvalue weighted by Gasteiger charge is 2.17. The topological polar surface area (TPSA) is 95.0 Å². The van der Waals surface area contributed by atoms with E-state index in [1.807, 2.05) is 0 Å². The second-order valence-corrected chi connectivity index (χ2v) is 6.30. The minimum absolute atomic E-state index is 0.125. The number of furan rings is 1. The molecule has 0 aliphatic heterocycles. The summed E-state index contributed by atoms with van der Waals surface area (Å²) < 4.78 is 8.23. The molecule has 0 bridgehead atoms. The van der Waals surface area contributed by atoms with Crippen molar-refractivity contribution in [2.45, 2.75) is 25.8 Å². The number of aromatic nitrogens is 4. The van der Waals surface area contributed by atoms with Gasteiger partial charge in [0, 0.05) is 25.7 Å². The average molecular weight is 353 g/mol. The monoisotopic (exact) mass is 353 g/mol. The second-order valence-electron chi connectivity index (χ2n) is 6.30. The van der Waals surface area contributed by atoms with Crippen molar-refractivity contribution < 1.29 is 9.21 Å². The lowest BCUT2D eigenvalue weighted by Gasteiger charge is -2.08. The van der Waals surface area contributed by atoms with Crippen LogP contribution in [0, 0.1) is 0 Å². The molecule has 8 nitrogen and oxygen atoms in total. The van der Waals surface area contributed by atoms with Crippen LogP contribution in [0.2, 0.25) is 0 Å².